The molecule has 0 aliphatic carbocycles. The molecule has 0 atom stereocenters. The molecule has 0 aliphatic heterocycles. The zero-order valence-electron chi connectivity index (χ0n) is 10.4. The number of hydrogen-bond acceptors (Lipinski definition) is 3. The Bertz CT molecular complexity index is 632. The van der Waals surface area contributed by atoms with E-state index in [0.29, 0.717) is 11.3 Å². The lowest BCUT2D eigenvalue weighted by molar-refractivity contribution is -0.684. The highest BCUT2D eigenvalue weighted by molar-refractivity contribution is 5.95. The van der Waals surface area contributed by atoms with Crippen molar-refractivity contribution in [2.75, 3.05) is 0 Å². The summed E-state index contributed by atoms with van der Waals surface area (Å²) < 4.78 is 14.7. The number of carbonyl (C=O) groups is 1. The Morgan fingerprint density at radius 2 is 2.10 bits per heavy atom. The largest absolute Gasteiger partial charge is 1.00 e. The first-order valence-corrected chi connectivity index (χ1v) is 5.65. The van der Waals surface area contributed by atoms with Crippen molar-refractivity contribution in [3.63, 3.8) is 0 Å². The van der Waals surface area contributed by atoms with Crippen molar-refractivity contribution in [1.82, 2.24) is 0 Å². The van der Waals surface area contributed by atoms with Crippen molar-refractivity contribution < 1.29 is 35.9 Å². The number of Topliss-reactive ketones (excluding diaryl/α,β-unsaturated/α-hetero) is 1. The van der Waals surface area contributed by atoms with E-state index in [1.54, 1.807) is 35.0 Å². The van der Waals surface area contributed by atoms with Crippen LogP contribution >= 0.6 is 0 Å². The molecule has 1 aromatic carbocycles. The quantitative estimate of drug-likeness (QED) is 0.250. The van der Waals surface area contributed by atoms with Gasteiger partial charge in [-0.2, -0.15) is 4.57 Å². The van der Waals surface area contributed by atoms with Gasteiger partial charge in [-0.3, -0.25) is 4.79 Å². The van der Waals surface area contributed by atoms with Gasteiger partial charge in [-0.25, -0.2) is 4.39 Å². The minimum atomic E-state index is -0.443. The summed E-state index contributed by atoms with van der Waals surface area (Å²) in [6.45, 7) is 0.0473. The van der Waals surface area contributed by atoms with Gasteiger partial charge in [-0.1, -0.05) is 17.3 Å². The molecule has 2 rings (SSSR count). The van der Waals surface area contributed by atoms with Crippen LogP contribution in [0.4, 0.5) is 4.39 Å². The highest BCUT2D eigenvalue weighted by atomic mass is 79.9. The van der Waals surface area contributed by atoms with Gasteiger partial charge in [0.2, 0.25) is 18.0 Å². The predicted molar refractivity (Wildman–Crippen MR) is 66.7 cm³/mol. The van der Waals surface area contributed by atoms with Gasteiger partial charge in [0.25, 0.3) is 0 Å². The van der Waals surface area contributed by atoms with Gasteiger partial charge >= 0.3 is 0 Å². The number of benzene rings is 1. The Morgan fingerprint density at radius 3 is 2.80 bits per heavy atom. The Labute approximate surface area is 125 Å². The zero-order valence-corrected chi connectivity index (χ0v) is 12.0. The van der Waals surface area contributed by atoms with Gasteiger partial charge in [0.05, 0.1) is 0 Å². The molecule has 0 spiro atoms. The fourth-order valence-corrected chi connectivity index (χ4v) is 1.72. The molecule has 0 fully saturated rings. The third-order valence-electron chi connectivity index (χ3n) is 2.63. The predicted octanol–water partition coefficient (Wildman–Crippen LogP) is -1.19. The van der Waals surface area contributed by atoms with Crippen molar-refractivity contribution in [2.45, 2.75) is 6.54 Å². The van der Waals surface area contributed by atoms with Crippen LogP contribution in [0.5, 0.6) is 0 Å². The van der Waals surface area contributed by atoms with Crippen LogP contribution in [0.25, 0.3) is 0 Å². The van der Waals surface area contributed by atoms with E-state index in [4.69, 9.17) is 5.21 Å². The molecule has 0 saturated carbocycles. The number of carbonyl (C=O) groups excluding carboxylic acids is 1. The van der Waals surface area contributed by atoms with Gasteiger partial charge in [0.15, 0.2) is 6.20 Å². The molecule has 1 aromatic heterocycles. The van der Waals surface area contributed by atoms with E-state index in [1.807, 2.05) is 0 Å². The normalized spacial score (nSPS) is 10.2. The minimum absolute atomic E-state index is 0. The number of aromatic nitrogens is 1. The number of ketones is 1. The number of halogens is 2. The summed E-state index contributed by atoms with van der Waals surface area (Å²) in [5.41, 5.74) is 0.887. The third-order valence-corrected chi connectivity index (χ3v) is 2.63. The fraction of sp³-hybridized carbons (Fsp3) is 0.0714. The molecule has 4 nitrogen and oxygen atoms in total. The van der Waals surface area contributed by atoms with Crippen LogP contribution in [0.3, 0.4) is 0 Å². The van der Waals surface area contributed by atoms with Crippen molar-refractivity contribution in [2.24, 2.45) is 5.16 Å². The maximum atomic E-state index is 13.1. The molecule has 0 unspecified atom stereocenters. The standard InChI is InChI=1S/C14H11FN2O2.BrH/c15-12-5-3-4-11(8-12)14(18)10-17-7-2-1-6-13(17)9-16-19;/h1-9H,10H2;1H. The Hall–Kier alpha value is -2.08. The van der Waals surface area contributed by atoms with Gasteiger partial charge in [-0.15, -0.1) is 0 Å². The second-order valence-corrected chi connectivity index (χ2v) is 3.93. The van der Waals surface area contributed by atoms with Crippen molar-refractivity contribution in [1.29, 1.82) is 0 Å². The number of nitrogens with zero attached hydrogens (tertiary/aromatic N) is 2. The first-order chi connectivity index (χ1) is 9.20. The summed E-state index contributed by atoms with van der Waals surface area (Å²) >= 11 is 0. The third kappa shape index (κ3) is 3.96. The Morgan fingerprint density at radius 1 is 1.30 bits per heavy atom. The first kappa shape index (κ1) is 16.0. The lowest BCUT2D eigenvalue weighted by atomic mass is 10.1. The summed E-state index contributed by atoms with van der Waals surface area (Å²) in [4.78, 5) is 12.0. The van der Waals surface area contributed by atoms with E-state index in [0.717, 1.165) is 0 Å². The van der Waals surface area contributed by atoms with Crippen molar-refractivity contribution in [3.8, 4) is 0 Å². The lowest BCUT2D eigenvalue weighted by Crippen LogP contribution is -3.00. The number of oxime groups is 1. The number of rotatable bonds is 4. The molecular weight excluding hydrogens is 327 g/mol. The Kier molecular flexibility index (Phi) is 5.99. The highest BCUT2D eigenvalue weighted by Gasteiger charge is 2.15. The molecule has 0 aliphatic rings. The van der Waals surface area contributed by atoms with Crippen molar-refractivity contribution >= 4 is 12.0 Å². The molecule has 1 N–H and O–H groups in total. The molecule has 6 heteroatoms. The second kappa shape index (κ2) is 7.49. The van der Waals surface area contributed by atoms with Gasteiger partial charge < -0.3 is 22.2 Å². The fourth-order valence-electron chi connectivity index (χ4n) is 1.72. The average Bonchev–Trinajstić information content (AvgIpc) is 2.41. The molecule has 0 bridgehead atoms. The molecule has 0 radical (unpaired) electrons. The van der Waals surface area contributed by atoms with E-state index in [9.17, 15) is 9.18 Å². The van der Waals surface area contributed by atoms with Crippen LogP contribution in [-0.4, -0.2) is 17.2 Å². The molecule has 104 valence electrons. The average molecular weight is 339 g/mol. The SMILES string of the molecule is O=C(C[n+]1ccccc1C=NO)c1cccc(F)c1.[Br-]. The monoisotopic (exact) mass is 338 g/mol. The van der Waals surface area contributed by atoms with Crippen LogP contribution in [0.1, 0.15) is 16.1 Å². The van der Waals surface area contributed by atoms with Gasteiger partial charge in [0.1, 0.15) is 12.0 Å². The van der Waals surface area contributed by atoms with Crippen molar-refractivity contribution in [3.05, 3.63) is 65.7 Å². The summed E-state index contributed by atoms with van der Waals surface area (Å²) in [6, 6.07) is 10.8. The van der Waals surface area contributed by atoms with Crippen LogP contribution in [0.15, 0.2) is 53.8 Å². The Balaban J connectivity index is 0.00000200. The van der Waals surface area contributed by atoms with E-state index in [-0.39, 0.29) is 29.3 Å². The molecule has 2 aromatic rings. The highest BCUT2D eigenvalue weighted by Crippen LogP contribution is 2.04. The summed E-state index contributed by atoms with van der Waals surface area (Å²) in [5.74, 6) is -0.663. The second-order valence-electron chi connectivity index (χ2n) is 3.93. The van der Waals surface area contributed by atoms with Crippen LogP contribution < -0.4 is 21.5 Å². The van der Waals surface area contributed by atoms with Crippen LogP contribution in [0.2, 0.25) is 0 Å². The molecule has 20 heavy (non-hydrogen) atoms. The first-order valence-electron chi connectivity index (χ1n) is 5.65. The molecule has 0 amide bonds. The maximum Gasteiger partial charge on any atom is 0.227 e. The van der Waals surface area contributed by atoms with E-state index in [2.05, 4.69) is 5.16 Å². The number of pyridine rings is 1. The van der Waals surface area contributed by atoms with Gasteiger partial charge in [0, 0.05) is 17.7 Å². The molecule has 1 heterocycles. The summed E-state index contributed by atoms with van der Waals surface area (Å²) in [7, 11) is 0. The minimum Gasteiger partial charge on any atom is -1.00 e. The maximum absolute atomic E-state index is 13.1. The van der Waals surface area contributed by atoms with Crippen LogP contribution in [-0.2, 0) is 6.54 Å². The molecule has 0 saturated heterocycles. The molecular formula is C14H12BrFN2O2. The summed E-state index contributed by atoms with van der Waals surface area (Å²) in [6.07, 6.45) is 2.92. The summed E-state index contributed by atoms with van der Waals surface area (Å²) in [5, 5.41) is 11.5. The zero-order chi connectivity index (χ0) is 13.7. The van der Waals surface area contributed by atoms with E-state index >= 15 is 0 Å². The number of hydrogen-bond donors (Lipinski definition) is 1. The topological polar surface area (TPSA) is 53.5 Å². The van der Waals surface area contributed by atoms with E-state index in [1.165, 1.54) is 24.4 Å². The van der Waals surface area contributed by atoms with Gasteiger partial charge in [-0.05, 0) is 18.2 Å². The van der Waals surface area contributed by atoms with Crippen LogP contribution in [0, 0.1) is 5.82 Å². The van der Waals surface area contributed by atoms with E-state index < -0.39 is 5.82 Å². The smallest absolute Gasteiger partial charge is 0.227 e. The lowest BCUT2D eigenvalue weighted by Gasteiger charge is -2.00.